The Labute approximate surface area is 183 Å². The van der Waals surface area contributed by atoms with Crippen LogP contribution in [0.1, 0.15) is 21.7 Å². The van der Waals surface area contributed by atoms with E-state index in [1.54, 1.807) is 6.21 Å². The second-order valence-electron chi connectivity index (χ2n) is 7.34. The molecule has 0 unspecified atom stereocenters. The van der Waals surface area contributed by atoms with Crippen LogP contribution < -0.4 is 16.1 Å². The van der Waals surface area contributed by atoms with Gasteiger partial charge in [-0.25, -0.2) is 10.1 Å². The summed E-state index contributed by atoms with van der Waals surface area (Å²) in [5.74, 6) is -0.275. The number of amides is 1. The second-order valence-corrected chi connectivity index (χ2v) is 7.34. The van der Waals surface area contributed by atoms with Gasteiger partial charge in [-0.05, 0) is 27.0 Å². The fourth-order valence-corrected chi connectivity index (χ4v) is 3.09. The summed E-state index contributed by atoms with van der Waals surface area (Å²) in [4.78, 5) is 13.7. The summed E-state index contributed by atoms with van der Waals surface area (Å²) in [6, 6.07) is 17.9. The first kappa shape index (κ1) is 20.9. The maximum absolute atomic E-state index is 12.7. The van der Waals surface area contributed by atoms with Gasteiger partial charge in [-0.2, -0.15) is 9.78 Å². The lowest BCUT2D eigenvalue weighted by Gasteiger charge is -2.08. The highest BCUT2D eigenvalue weighted by atomic mass is 16.6. The zero-order valence-electron chi connectivity index (χ0n) is 17.6. The molecule has 4 N–H and O–H groups in total. The third-order valence-corrected chi connectivity index (χ3v) is 4.59. The van der Waals surface area contributed by atoms with Crippen molar-refractivity contribution in [2.75, 3.05) is 19.8 Å². The van der Waals surface area contributed by atoms with E-state index in [0.29, 0.717) is 12.2 Å². The molecular weight excluding hydrogens is 410 g/mol. The Morgan fingerprint density at radius 2 is 1.84 bits per heavy atom. The summed E-state index contributed by atoms with van der Waals surface area (Å²) in [7, 11) is 3.86. The maximum atomic E-state index is 12.7. The molecule has 0 fully saturated rings. The monoisotopic (exact) mass is 432 g/mol. The van der Waals surface area contributed by atoms with E-state index >= 15 is 0 Å². The molecule has 0 aliphatic heterocycles. The van der Waals surface area contributed by atoms with Crippen molar-refractivity contribution in [3.63, 3.8) is 0 Å². The summed E-state index contributed by atoms with van der Waals surface area (Å²) in [6.45, 7) is 0.437. The van der Waals surface area contributed by atoms with E-state index in [1.807, 2.05) is 68.7 Å². The molecule has 162 valence electrons. The second kappa shape index (κ2) is 9.18. The van der Waals surface area contributed by atoms with Crippen molar-refractivity contribution in [3.8, 4) is 16.9 Å². The lowest BCUT2D eigenvalue weighted by atomic mass is 10.0. The summed E-state index contributed by atoms with van der Waals surface area (Å²) in [6.07, 6.45) is 1.56. The number of carbonyl (C=O) groups excluding carboxylic acids is 1. The fourth-order valence-electron chi connectivity index (χ4n) is 3.09. The Hall–Kier alpha value is -4.38. The smallest absolute Gasteiger partial charge is 0.294 e. The number of quaternary nitrogens is 1. The number of hydrogen-bond donors (Lipinski definition) is 3. The number of carbonyl (C=O) groups is 1. The summed E-state index contributed by atoms with van der Waals surface area (Å²) >= 11 is 0. The molecular formula is C21H22N9O2+. The van der Waals surface area contributed by atoms with Crippen molar-refractivity contribution in [3.05, 3.63) is 71.5 Å². The predicted molar refractivity (Wildman–Crippen MR) is 117 cm³/mol. The van der Waals surface area contributed by atoms with Gasteiger partial charge in [0.15, 0.2) is 5.69 Å². The van der Waals surface area contributed by atoms with Crippen LogP contribution in [-0.4, -0.2) is 51.5 Å². The van der Waals surface area contributed by atoms with Crippen LogP contribution in [0.3, 0.4) is 0 Å². The molecule has 4 rings (SSSR count). The molecule has 0 saturated carbocycles. The van der Waals surface area contributed by atoms with E-state index in [2.05, 4.69) is 35.8 Å². The number of nitrogens with one attached hydrogen (secondary N) is 2. The Morgan fingerprint density at radius 3 is 2.50 bits per heavy atom. The SMILES string of the molecule is C[NH+](C)Cc1c(C(=O)N/N=C\c2ccc(-c3ccccc3)cc2)nnn1-c1nonc1N. The molecule has 2 aromatic heterocycles. The molecule has 0 saturated heterocycles. The maximum Gasteiger partial charge on any atom is 0.294 e. The summed E-state index contributed by atoms with van der Waals surface area (Å²) in [5, 5.41) is 19.3. The Morgan fingerprint density at radius 1 is 1.12 bits per heavy atom. The zero-order valence-corrected chi connectivity index (χ0v) is 17.6. The van der Waals surface area contributed by atoms with Gasteiger partial charge in [-0.3, -0.25) is 4.79 Å². The van der Waals surface area contributed by atoms with Crippen LogP contribution in [0.25, 0.3) is 16.9 Å². The summed E-state index contributed by atoms with van der Waals surface area (Å²) in [5.41, 5.74) is 12.0. The van der Waals surface area contributed by atoms with E-state index in [1.165, 1.54) is 4.68 Å². The van der Waals surface area contributed by atoms with E-state index in [0.717, 1.165) is 21.6 Å². The van der Waals surface area contributed by atoms with Crippen LogP contribution >= 0.6 is 0 Å². The largest absolute Gasteiger partial charge is 0.378 e. The molecule has 0 bridgehead atoms. The molecule has 1 amide bonds. The van der Waals surface area contributed by atoms with Crippen molar-refractivity contribution < 1.29 is 14.3 Å². The average Bonchev–Trinajstić information content (AvgIpc) is 3.40. The van der Waals surface area contributed by atoms with Gasteiger partial charge in [0.25, 0.3) is 5.91 Å². The number of nitrogen functional groups attached to an aromatic ring is 1. The van der Waals surface area contributed by atoms with Crippen molar-refractivity contribution in [2.24, 2.45) is 5.10 Å². The van der Waals surface area contributed by atoms with Crippen LogP contribution in [0, 0.1) is 0 Å². The molecule has 11 heteroatoms. The van der Waals surface area contributed by atoms with Crippen molar-refractivity contribution in [1.82, 2.24) is 30.7 Å². The minimum Gasteiger partial charge on any atom is -0.378 e. The average molecular weight is 432 g/mol. The van der Waals surface area contributed by atoms with Gasteiger partial charge in [-0.1, -0.05) is 59.8 Å². The molecule has 0 aliphatic rings. The molecule has 0 atom stereocenters. The Kier molecular flexibility index (Phi) is 5.99. The minimum atomic E-state index is -0.500. The van der Waals surface area contributed by atoms with Crippen LogP contribution in [0.4, 0.5) is 5.82 Å². The number of nitrogens with zero attached hydrogens (tertiary/aromatic N) is 6. The van der Waals surface area contributed by atoms with Gasteiger partial charge in [-0.15, -0.1) is 5.10 Å². The van der Waals surface area contributed by atoms with Crippen molar-refractivity contribution in [2.45, 2.75) is 6.54 Å². The van der Waals surface area contributed by atoms with Crippen molar-refractivity contribution >= 4 is 17.9 Å². The van der Waals surface area contributed by atoms with Crippen LogP contribution in [-0.2, 0) is 6.54 Å². The minimum absolute atomic E-state index is 0.0498. The van der Waals surface area contributed by atoms with E-state index in [4.69, 9.17) is 5.73 Å². The van der Waals surface area contributed by atoms with E-state index < -0.39 is 5.91 Å². The quantitative estimate of drug-likeness (QED) is 0.282. The number of hydrazone groups is 1. The molecule has 0 spiro atoms. The van der Waals surface area contributed by atoms with Crippen LogP contribution in [0.2, 0.25) is 0 Å². The number of aromatic nitrogens is 5. The topological polar surface area (TPSA) is 142 Å². The van der Waals surface area contributed by atoms with Gasteiger partial charge in [0, 0.05) is 0 Å². The number of anilines is 1. The standard InChI is InChI=1S/C21H21N9O2/c1-29(2)13-17-18(24-28-30(17)20-19(22)26-32-27-20)21(31)25-23-12-14-8-10-16(11-9-14)15-6-4-3-5-7-15/h3-12H,13H2,1-2H3,(H2,22,26)(H,25,31)/p+1/b23-12-. The normalized spacial score (nSPS) is 11.3. The summed E-state index contributed by atoms with van der Waals surface area (Å²) < 4.78 is 5.98. The van der Waals surface area contributed by atoms with Gasteiger partial charge in [0.05, 0.1) is 20.3 Å². The molecule has 32 heavy (non-hydrogen) atoms. The molecule has 0 radical (unpaired) electrons. The fraction of sp³-hybridized carbons (Fsp3) is 0.143. The third kappa shape index (κ3) is 4.52. The number of benzene rings is 2. The molecule has 11 nitrogen and oxygen atoms in total. The molecule has 2 aromatic carbocycles. The Balaban J connectivity index is 1.49. The highest BCUT2D eigenvalue weighted by Gasteiger charge is 2.25. The van der Waals surface area contributed by atoms with Gasteiger partial charge in [0.2, 0.25) is 11.6 Å². The first-order valence-electron chi connectivity index (χ1n) is 9.84. The van der Waals surface area contributed by atoms with Gasteiger partial charge >= 0.3 is 0 Å². The first-order valence-corrected chi connectivity index (χ1v) is 9.84. The van der Waals surface area contributed by atoms with E-state index in [-0.39, 0.29) is 17.3 Å². The highest BCUT2D eigenvalue weighted by Crippen LogP contribution is 2.19. The predicted octanol–water partition coefficient (Wildman–Crippen LogP) is 0.308. The number of rotatable bonds is 7. The first-order chi connectivity index (χ1) is 15.5. The lowest BCUT2D eigenvalue weighted by Crippen LogP contribution is -3.04. The highest BCUT2D eigenvalue weighted by molar-refractivity contribution is 5.94. The zero-order chi connectivity index (χ0) is 22.5. The van der Waals surface area contributed by atoms with Gasteiger partial charge < -0.3 is 10.6 Å². The van der Waals surface area contributed by atoms with Crippen molar-refractivity contribution in [1.29, 1.82) is 0 Å². The third-order valence-electron chi connectivity index (χ3n) is 4.59. The molecule has 4 aromatic rings. The molecule has 0 aliphatic carbocycles. The van der Waals surface area contributed by atoms with Crippen LogP contribution in [0.5, 0.6) is 0 Å². The number of hydrogen-bond acceptors (Lipinski definition) is 8. The Bertz CT molecular complexity index is 1230. The lowest BCUT2D eigenvalue weighted by molar-refractivity contribution is -0.873. The van der Waals surface area contributed by atoms with E-state index in [9.17, 15) is 4.79 Å². The van der Waals surface area contributed by atoms with Gasteiger partial charge in [0.1, 0.15) is 12.2 Å². The number of nitrogens with two attached hydrogens (primary N) is 1. The molecule has 2 heterocycles. The van der Waals surface area contributed by atoms with Crippen LogP contribution in [0.15, 0.2) is 64.3 Å².